The second kappa shape index (κ2) is 8.94. The van der Waals surface area contributed by atoms with E-state index in [0.717, 1.165) is 16.9 Å². The first-order valence-electron chi connectivity index (χ1n) is 8.47. The van der Waals surface area contributed by atoms with Crippen molar-refractivity contribution in [2.45, 2.75) is 0 Å². The minimum absolute atomic E-state index is 0.150. The maximum absolute atomic E-state index is 12.2. The Labute approximate surface area is 152 Å². The van der Waals surface area contributed by atoms with E-state index in [4.69, 9.17) is 4.74 Å². The second-order valence-corrected chi connectivity index (χ2v) is 5.74. The Bertz CT molecular complexity index is 832. The summed E-state index contributed by atoms with van der Waals surface area (Å²) in [5.74, 6) is 0.345. The third-order valence-electron chi connectivity index (χ3n) is 3.83. The highest BCUT2D eigenvalue weighted by atomic mass is 16.5. The standard InChI is InChI=1S/C20H22N4O2/c1-26-13-12-21-14-19(25)23-20-22-18(16-8-4-2-5-9-16)15-24(20)17-10-6-3-7-11-17/h2-11,15,21H,12-14H2,1H3,(H,22,23,25). The lowest BCUT2D eigenvalue weighted by atomic mass is 10.2. The molecule has 2 aromatic carbocycles. The highest BCUT2D eigenvalue weighted by molar-refractivity contribution is 5.91. The molecule has 3 rings (SSSR count). The SMILES string of the molecule is COCCNCC(=O)Nc1nc(-c2ccccc2)cn1-c1ccccc1. The number of benzene rings is 2. The van der Waals surface area contributed by atoms with E-state index in [9.17, 15) is 4.79 Å². The minimum Gasteiger partial charge on any atom is -0.383 e. The summed E-state index contributed by atoms with van der Waals surface area (Å²) in [6, 6.07) is 19.7. The zero-order valence-corrected chi connectivity index (χ0v) is 14.7. The highest BCUT2D eigenvalue weighted by Gasteiger charge is 2.13. The molecule has 1 aromatic heterocycles. The van der Waals surface area contributed by atoms with Gasteiger partial charge in [0.05, 0.1) is 18.8 Å². The third-order valence-corrected chi connectivity index (χ3v) is 3.83. The Morgan fingerprint density at radius 3 is 2.46 bits per heavy atom. The van der Waals surface area contributed by atoms with Crippen molar-refractivity contribution in [2.24, 2.45) is 0 Å². The number of aromatic nitrogens is 2. The molecule has 1 amide bonds. The second-order valence-electron chi connectivity index (χ2n) is 5.74. The first-order chi connectivity index (χ1) is 12.8. The first-order valence-corrected chi connectivity index (χ1v) is 8.47. The minimum atomic E-state index is -0.150. The van der Waals surface area contributed by atoms with E-state index in [1.807, 2.05) is 71.4 Å². The monoisotopic (exact) mass is 350 g/mol. The zero-order valence-electron chi connectivity index (χ0n) is 14.7. The van der Waals surface area contributed by atoms with Crippen LogP contribution in [-0.4, -0.2) is 42.3 Å². The number of rotatable bonds is 8. The molecule has 3 aromatic rings. The largest absolute Gasteiger partial charge is 0.383 e. The van der Waals surface area contributed by atoms with Crippen molar-refractivity contribution in [3.05, 3.63) is 66.9 Å². The van der Waals surface area contributed by atoms with Gasteiger partial charge in [-0.05, 0) is 12.1 Å². The van der Waals surface area contributed by atoms with Gasteiger partial charge in [0.2, 0.25) is 11.9 Å². The molecular formula is C20H22N4O2. The Hall–Kier alpha value is -2.96. The number of nitrogens with zero attached hydrogens (tertiary/aromatic N) is 2. The first kappa shape index (κ1) is 17.8. The zero-order chi connectivity index (χ0) is 18.2. The van der Waals surface area contributed by atoms with Gasteiger partial charge in [0.25, 0.3) is 0 Å². The van der Waals surface area contributed by atoms with Crippen LogP contribution in [0.5, 0.6) is 0 Å². The van der Waals surface area contributed by atoms with Crippen LogP contribution < -0.4 is 10.6 Å². The van der Waals surface area contributed by atoms with Gasteiger partial charge in [-0.15, -0.1) is 0 Å². The molecule has 6 nitrogen and oxygen atoms in total. The molecule has 0 aliphatic carbocycles. The molecule has 0 unspecified atom stereocenters. The number of methoxy groups -OCH3 is 1. The van der Waals surface area contributed by atoms with Crippen molar-refractivity contribution in [3.8, 4) is 16.9 Å². The van der Waals surface area contributed by atoms with Gasteiger partial charge in [-0.1, -0.05) is 48.5 Å². The Morgan fingerprint density at radius 1 is 1.08 bits per heavy atom. The average Bonchev–Trinajstić information content (AvgIpc) is 3.10. The number of nitrogens with one attached hydrogen (secondary N) is 2. The number of imidazole rings is 1. The molecule has 0 saturated carbocycles. The quantitative estimate of drug-likeness (QED) is 0.613. The molecule has 0 aliphatic heterocycles. The summed E-state index contributed by atoms with van der Waals surface area (Å²) >= 11 is 0. The molecule has 0 bridgehead atoms. The van der Waals surface area contributed by atoms with Crippen LogP contribution in [-0.2, 0) is 9.53 Å². The number of para-hydroxylation sites is 1. The van der Waals surface area contributed by atoms with Crippen molar-refractivity contribution >= 4 is 11.9 Å². The number of hydrogen-bond donors (Lipinski definition) is 2. The smallest absolute Gasteiger partial charge is 0.240 e. The van der Waals surface area contributed by atoms with E-state index < -0.39 is 0 Å². The van der Waals surface area contributed by atoms with Gasteiger partial charge in [0.1, 0.15) is 0 Å². The third kappa shape index (κ3) is 4.56. The van der Waals surface area contributed by atoms with Crippen molar-refractivity contribution in [1.82, 2.24) is 14.9 Å². The molecule has 134 valence electrons. The Kier molecular flexibility index (Phi) is 6.14. The summed E-state index contributed by atoms with van der Waals surface area (Å²) in [7, 11) is 1.63. The summed E-state index contributed by atoms with van der Waals surface area (Å²) in [6.07, 6.45) is 1.93. The van der Waals surface area contributed by atoms with E-state index in [-0.39, 0.29) is 12.5 Å². The van der Waals surface area contributed by atoms with Gasteiger partial charge in [0, 0.05) is 31.1 Å². The molecule has 0 saturated heterocycles. The molecule has 2 N–H and O–H groups in total. The van der Waals surface area contributed by atoms with E-state index in [0.29, 0.717) is 19.1 Å². The number of anilines is 1. The molecule has 0 atom stereocenters. The fourth-order valence-corrected chi connectivity index (χ4v) is 2.55. The van der Waals surface area contributed by atoms with Crippen molar-refractivity contribution < 1.29 is 9.53 Å². The van der Waals surface area contributed by atoms with Crippen LogP contribution in [0.4, 0.5) is 5.95 Å². The summed E-state index contributed by atoms with van der Waals surface area (Å²) < 4.78 is 6.84. The van der Waals surface area contributed by atoms with E-state index >= 15 is 0 Å². The normalized spacial score (nSPS) is 10.7. The summed E-state index contributed by atoms with van der Waals surface area (Å²) in [6.45, 7) is 1.38. The van der Waals surface area contributed by atoms with Gasteiger partial charge < -0.3 is 10.1 Å². The molecule has 26 heavy (non-hydrogen) atoms. The van der Waals surface area contributed by atoms with Crippen LogP contribution in [0.25, 0.3) is 16.9 Å². The van der Waals surface area contributed by atoms with Gasteiger partial charge >= 0.3 is 0 Å². The number of carbonyl (C=O) groups excluding carboxylic acids is 1. The van der Waals surface area contributed by atoms with Gasteiger partial charge in [-0.3, -0.25) is 14.7 Å². The molecular weight excluding hydrogens is 328 g/mol. The maximum atomic E-state index is 12.2. The number of ether oxygens (including phenoxy) is 1. The lowest BCUT2D eigenvalue weighted by Gasteiger charge is -2.09. The highest BCUT2D eigenvalue weighted by Crippen LogP contribution is 2.24. The Morgan fingerprint density at radius 2 is 1.77 bits per heavy atom. The number of amides is 1. The summed E-state index contributed by atoms with van der Waals surface area (Å²) in [5, 5.41) is 5.92. The number of carbonyl (C=O) groups is 1. The van der Waals surface area contributed by atoms with Crippen LogP contribution in [0, 0.1) is 0 Å². The Balaban J connectivity index is 1.83. The average molecular weight is 350 g/mol. The molecule has 0 fully saturated rings. The molecule has 1 heterocycles. The topological polar surface area (TPSA) is 68.2 Å². The fraction of sp³-hybridized carbons (Fsp3) is 0.200. The van der Waals surface area contributed by atoms with Crippen molar-refractivity contribution in [3.63, 3.8) is 0 Å². The van der Waals surface area contributed by atoms with E-state index in [1.165, 1.54) is 0 Å². The molecule has 0 radical (unpaired) electrons. The van der Waals surface area contributed by atoms with Crippen LogP contribution in [0.2, 0.25) is 0 Å². The maximum Gasteiger partial charge on any atom is 0.240 e. The predicted octanol–water partition coefficient (Wildman–Crippen LogP) is 2.71. The van der Waals surface area contributed by atoms with E-state index in [1.54, 1.807) is 7.11 Å². The summed E-state index contributed by atoms with van der Waals surface area (Å²) in [5.41, 5.74) is 2.73. The van der Waals surface area contributed by atoms with Gasteiger partial charge in [-0.2, -0.15) is 0 Å². The summed E-state index contributed by atoms with van der Waals surface area (Å²) in [4.78, 5) is 16.9. The predicted molar refractivity (Wildman–Crippen MR) is 102 cm³/mol. The molecule has 6 heteroatoms. The van der Waals surface area contributed by atoms with Gasteiger partial charge in [-0.25, -0.2) is 4.98 Å². The van der Waals surface area contributed by atoms with Crippen molar-refractivity contribution in [1.29, 1.82) is 0 Å². The van der Waals surface area contributed by atoms with Gasteiger partial charge in [0.15, 0.2) is 0 Å². The molecule has 0 aliphatic rings. The van der Waals surface area contributed by atoms with Crippen molar-refractivity contribution in [2.75, 3.05) is 32.1 Å². The van der Waals surface area contributed by atoms with Crippen LogP contribution >= 0.6 is 0 Å². The van der Waals surface area contributed by atoms with Crippen LogP contribution in [0.1, 0.15) is 0 Å². The number of hydrogen-bond acceptors (Lipinski definition) is 4. The van der Waals surface area contributed by atoms with E-state index in [2.05, 4.69) is 15.6 Å². The molecule has 0 spiro atoms. The lowest BCUT2D eigenvalue weighted by molar-refractivity contribution is -0.115. The fourth-order valence-electron chi connectivity index (χ4n) is 2.55. The van der Waals surface area contributed by atoms with Crippen LogP contribution in [0.3, 0.4) is 0 Å². The lowest BCUT2D eigenvalue weighted by Crippen LogP contribution is -2.31. The van der Waals surface area contributed by atoms with Crippen LogP contribution in [0.15, 0.2) is 66.9 Å².